The SMILES string of the molecule is O=Cc1ccc(COCc2cccc(Cl)c2)o1. The Kier molecular flexibility index (Phi) is 3.96. The van der Waals surface area contributed by atoms with Gasteiger partial charge < -0.3 is 9.15 Å². The molecule has 0 saturated carbocycles. The molecule has 17 heavy (non-hydrogen) atoms. The fourth-order valence-electron chi connectivity index (χ4n) is 1.43. The molecule has 88 valence electrons. The number of carbonyl (C=O) groups is 1. The van der Waals surface area contributed by atoms with E-state index >= 15 is 0 Å². The van der Waals surface area contributed by atoms with Gasteiger partial charge in [-0.25, -0.2) is 0 Å². The monoisotopic (exact) mass is 250 g/mol. The van der Waals surface area contributed by atoms with Gasteiger partial charge in [0, 0.05) is 5.02 Å². The van der Waals surface area contributed by atoms with Gasteiger partial charge in [-0.2, -0.15) is 0 Å². The first-order valence-electron chi connectivity index (χ1n) is 5.14. The highest BCUT2D eigenvalue weighted by atomic mass is 35.5. The summed E-state index contributed by atoms with van der Waals surface area (Å²) in [5.74, 6) is 0.945. The minimum absolute atomic E-state index is 0.311. The van der Waals surface area contributed by atoms with E-state index in [-0.39, 0.29) is 0 Å². The molecular formula is C13H11ClO3. The van der Waals surface area contributed by atoms with E-state index in [4.69, 9.17) is 20.8 Å². The van der Waals surface area contributed by atoms with E-state index in [9.17, 15) is 4.79 Å². The molecule has 0 atom stereocenters. The van der Waals surface area contributed by atoms with Crippen LogP contribution in [0.3, 0.4) is 0 Å². The summed E-state index contributed by atoms with van der Waals surface area (Å²) < 4.78 is 10.6. The summed E-state index contributed by atoms with van der Waals surface area (Å²) in [7, 11) is 0. The summed E-state index contributed by atoms with van der Waals surface area (Å²) in [5.41, 5.74) is 1.000. The number of ether oxygens (including phenoxy) is 1. The van der Waals surface area contributed by atoms with E-state index in [0.717, 1.165) is 5.56 Å². The molecule has 2 aromatic rings. The molecule has 1 aromatic heterocycles. The molecule has 0 amide bonds. The lowest BCUT2D eigenvalue weighted by Crippen LogP contribution is -1.92. The van der Waals surface area contributed by atoms with Crippen molar-refractivity contribution in [3.8, 4) is 0 Å². The van der Waals surface area contributed by atoms with Gasteiger partial charge in [0.2, 0.25) is 0 Å². The zero-order valence-electron chi connectivity index (χ0n) is 9.06. The van der Waals surface area contributed by atoms with Crippen molar-refractivity contribution in [3.05, 3.63) is 58.5 Å². The Hall–Kier alpha value is -1.58. The topological polar surface area (TPSA) is 39.4 Å². The molecule has 0 N–H and O–H groups in total. The molecule has 3 nitrogen and oxygen atoms in total. The van der Waals surface area contributed by atoms with Crippen LogP contribution in [0.25, 0.3) is 0 Å². The summed E-state index contributed by atoms with van der Waals surface area (Å²) in [4.78, 5) is 10.4. The van der Waals surface area contributed by atoms with Crippen molar-refractivity contribution in [3.63, 3.8) is 0 Å². The normalized spacial score (nSPS) is 10.4. The predicted octanol–water partition coefficient (Wildman–Crippen LogP) is 3.46. The second kappa shape index (κ2) is 5.66. The first-order valence-corrected chi connectivity index (χ1v) is 5.52. The van der Waals surface area contributed by atoms with Crippen LogP contribution in [0, 0.1) is 0 Å². The number of hydrogen-bond acceptors (Lipinski definition) is 3. The van der Waals surface area contributed by atoms with Crippen molar-refractivity contribution < 1.29 is 13.9 Å². The van der Waals surface area contributed by atoms with Crippen LogP contribution in [0.5, 0.6) is 0 Å². The largest absolute Gasteiger partial charge is 0.456 e. The second-order valence-corrected chi connectivity index (χ2v) is 3.98. The first kappa shape index (κ1) is 11.9. The van der Waals surface area contributed by atoms with Crippen molar-refractivity contribution in [1.29, 1.82) is 0 Å². The van der Waals surface area contributed by atoms with Crippen molar-refractivity contribution in [2.75, 3.05) is 0 Å². The fraction of sp³-hybridized carbons (Fsp3) is 0.154. The second-order valence-electron chi connectivity index (χ2n) is 3.54. The summed E-state index contributed by atoms with van der Waals surface area (Å²) in [5, 5.41) is 0.687. The fourth-order valence-corrected chi connectivity index (χ4v) is 1.64. The van der Waals surface area contributed by atoms with Crippen LogP contribution in [-0.2, 0) is 18.0 Å². The van der Waals surface area contributed by atoms with Gasteiger partial charge >= 0.3 is 0 Å². The maximum absolute atomic E-state index is 10.4. The predicted molar refractivity (Wildman–Crippen MR) is 64.0 cm³/mol. The number of rotatable bonds is 5. The van der Waals surface area contributed by atoms with E-state index < -0.39 is 0 Å². The molecule has 0 radical (unpaired) electrons. The molecule has 4 heteroatoms. The number of halogens is 1. The average Bonchev–Trinajstić information content (AvgIpc) is 2.77. The minimum atomic E-state index is 0.311. The Morgan fingerprint density at radius 2 is 2.12 bits per heavy atom. The van der Waals surface area contributed by atoms with Crippen molar-refractivity contribution in [2.45, 2.75) is 13.2 Å². The molecule has 0 spiro atoms. The van der Waals surface area contributed by atoms with Crippen LogP contribution in [0.1, 0.15) is 21.9 Å². The molecule has 0 aliphatic rings. The van der Waals surface area contributed by atoms with Gasteiger partial charge in [0.1, 0.15) is 12.4 Å². The van der Waals surface area contributed by atoms with Gasteiger partial charge in [-0.3, -0.25) is 4.79 Å². The van der Waals surface area contributed by atoms with E-state index in [1.165, 1.54) is 0 Å². The van der Waals surface area contributed by atoms with E-state index in [0.29, 0.717) is 36.0 Å². The summed E-state index contributed by atoms with van der Waals surface area (Å²) in [6, 6.07) is 10.8. The van der Waals surface area contributed by atoms with Crippen LogP contribution >= 0.6 is 11.6 Å². The Balaban J connectivity index is 1.85. The summed E-state index contributed by atoms with van der Waals surface area (Å²) in [6.45, 7) is 0.790. The molecule has 1 aromatic carbocycles. The highest BCUT2D eigenvalue weighted by Crippen LogP contribution is 2.13. The molecule has 2 rings (SSSR count). The van der Waals surface area contributed by atoms with Crippen LogP contribution in [0.2, 0.25) is 5.02 Å². The maximum Gasteiger partial charge on any atom is 0.185 e. The molecule has 0 fully saturated rings. The Bertz CT molecular complexity index is 505. The molecule has 0 aliphatic heterocycles. The number of carbonyl (C=O) groups excluding carboxylic acids is 1. The quantitative estimate of drug-likeness (QED) is 0.763. The average molecular weight is 251 g/mol. The van der Waals surface area contributed by atoms with Crippen LogP contribution in [-0.4, -0.2) is 6.29 Å². The Morgan fingerprint density at radius 1 is 1.24 bits per heavy atom. The lowest BCUT2D eigenvalue weighted by atomic mass is 10.2. The maximum atomic E-state index is 10.4. The molecule has 0 aliphatic carbocycles. The third kappa shape index (κ3) is 3.44. The van der Waals surface area contributed by atoms with E-state index in [1.807, 2.05) is 24.3 Å². The van der Waals surface area contributed by atoms with E-state index in [1.54, 1.807) is 12.1 Å². The van der Waals surface area contributed by atoms with Gasteiger partial charge in [-0.1, -0.05) is 23.7 Å². The lowest BCUT2D eigenvalue weighted by Gasteiger charge is -2.02. The molecule has 0 bridgehead atoms. The third-order valence-corrected chi connectivity index (χ3v) is 2.44. The highest BCUT2D eigenvalue weighted by molar-refractivity contribution is 6.30. The van der Waals surface area contributed by atoms with Crippen LogP contribution < -0.4 is 0 Å². The van der Waals surface area contributed by atoms with Gasteiger partial charge in [-0.15, -0.1) is 0 Å². The third-order valence-electron chi connectivity index (χ3n) is 2.20. The van der Waals surface area contributed by atoms with Crippen LogP contribution in [0.4, 0.5) is 0 Å². The van der Waals surface area contributed by atoms with E-state index in [2.05, 4.69) is 0 Å². The molecule has 1 heterocycles. The molecule has 0 saturated heterocycles. The number of furan rings is 1. The summed E-state index contributed by atoms with van der Waals surface area (Å²) >= 11 is 5.85. The highest BCUT2D eigenvalue weighted by Gasteiger charge is 2.01. The lowest BCUT2D eigenvalue weighted by molar-refractivity contribution is 0.0908. The minimum Gasteiger partial charge on any atom is -0.456 e. The van der Waals surface area contributed by atoms with Crippen molar-refractivity contribution in [2.24, 2.45) is 0 Å². The smallest absolute Gasteiger partial charge is 0.185 e. The standard InChI is InChI=1S/C13H11ClO3/c14-11-3-1-2-10(6-11)8-16-9-13-5-4-12(7-15)17-13/h1-7H,8-9H2. The Labute approximate surface area is 104 Å². The van der Waals surface area contributed by atoms with Crippen molar-refractivity contribution >= 4 is 17.9 Å². The number of hydrogen-bond donors (Lipinski definition) is 0. The van der Waals surface area contributed by atoms with Gasteiger partial charge in [0.25, 0.3) is 0 Å². The molecule has 0 unspecified atom stereocenters. The number of aldehydes is 1. The zero-order valence-corrected chi connectivity index (χ0v) is 9.81. The zero-order chi connectivity index (χ0) is 12.1. The van der Waals surface area contributed by atoms with Crippen molar-refractivity contribution in [1.82, 2.24) is 0 Å². The van der Waals surface area contributed by atoms with Crippen LogP contribution in [0.15, 0.2) is 40.8 Å². The van der Waals surface area contributed by atoms with Gasteiger partial charge in [0.05, 0.1) is 6.61 Å². The number of benzene rings is 1. The summed E-state index contributed by atoms with van der Waals surface area (Å²) in [6.07, 6.45) is 0.667. The molecular weight excluding hydrogens is 240 g/mol. The van der Waals surface area contributed by atoms with Gasteiger partial charge in [0.15, 0.2) is 12.0 Å². The van der Waals surface area contributed by atoms with Gasteiger partial charge in [-0.05, 0) is 29.8 Å². The first-order chi connectivity index (χ1) is 8.28. The Morgan fingerprint density at radius 3 is 2.82 bits per heavy atom.